The molecular formula is C26H32N2O7. The van der Waals surface area contributed by atoms with E-state index >= 15 is 0 Å². The molecule has 2 aromatic rings. The third-order valence-electron chi connectivity index (χ3n) is 5.91. The fraction of sp³-hybridized carbons (Fsp3) is 0.423. The Balaban J connectivity index is 1.56. The van der Waals surface area contributed by atoms with Crippen molar-refractivity contribution in [1.29, 1.82) is 0 Å². The van der Waals surface area contributed by atoms with Crippen molar-refractivity contribution in [3.63, 3.8) is 0 Å². The van der Waals surface area contributed by atoms with Crippen molar-refractivity contribution in [2.45, 2.75) is 50.7 Å². The van der Waals surface area contributed by atoms with Gasteiger partial charge in [0.1, 0.15) is 6.61 Å². The summed E-state index contributed by atoms with van der Waals surface area (Å²) in [6.45, 7) is 1.97. The smallest absolute Gasteiger partial charge is 0.407 e. The molecule has 1 aliphatic carbocycles. The van der Waals surface area contributed by atoms with E-state index in [2.05, 4.69) is 22.9 Å². The molecule has 9 heteroatoms. The van der Waals surface area contributed by atoms with Crippen molar-refractivity contribution >= 4 is 18.0 Å². The van der Waals surface area contributed by atoms with Crippen LogP contribution < -0.4 is 10.8 Å². The zero-order chi connectivity index (χ0) is 25.2. The second-order valence-corrected chi connectivity index (χ2v) is 8.44. The number of amides is 2. The Kier molecular flexibility index (Phi) is 9.63. The van der Waals surface area contributed by atoms with Crippen LogP contribution in [0, 0.1) is 0 Å². The maximum absolute atomic E-state index is 12.6. The highest BCUT2D eigenvalue weighted by atomic mass is 16.7. The zero-order valence-corrected chi connectivity index (χ0v) is 20.0. The van der Waals surface area contributed by atoms with E-state index in [4.69, 9.17) is 19.4 Å². The highest BCUT2D eigenvalue weighted by Gasteiger charge is 2.29. The number of methoxy groups -OCH3 is 1. The van der Waals surface area contributed by atoms with Gasteiger partial charge >= 0.3 is 12.1 Å². The van der Waals surface area contributed by atoms with Crippen LogP contribution in [0.15, 0.2) is 48.5 Å². The molecule has 0 heterocycles. The zero-order valence-electron chi connectivity index (χ0n) is 20.0. The van der Waals surface area contributed by atoms with E-state index in [0.717, 1.165) is 35.1 Å². The minimum atomic E-state index is -1.33. The van der Waals surface area contributed by atoms with E-state index in [9.17, 15) is 14.4 Å². The molecule has 2 atom stereocenters. The van der Waals surface area contributed by atoms with E-state index in [-0.39, 0.29) is 25.6 Å². The summed E-state index contributed by atoms with van der Waals surface area (Å²) in [4.78, 5) is 41.0. The second kappa shape index (κ2) is 12.9. The van der Waals surface area contributed by atoms with Gasteiger partial charge in [0.15, 0.2) is 0 Å². The van der Waals surface area contributed by atoms with Gasteiger partial charge in [-0.2, -0.15) is 0 Å². The van der Waals surface area contributed by atoms with Gasteiger partial charge < -0.3 is 19.9 Å². The topological polar surface area (TPSA) is 123 Å². The van der Waals surface area contributed by atoms with Crippen LogP contribution in [-0.4, -0.2) is 55.5 Å². The first-order valence-electron chi connectivity index (χ1n) is 11.7. The molecule has 35 heavy (non-hydrogen) atoms. The fourth-order valence-electron chi connectivity index (χ4n) is 4.19. The molecule has 0 saturated heterocycles. The van der Waals surface area contributed by atoms with E-state index in [1.807, 2.05) is 43.3 Å². The average molecular weight is 485 g/mol. The minimum absolute atomic E-state index is 0.0623. The van der Waals surface area contributed by atoms with Crippen molar-refractivity contribution in [3.05, 3.63) is 59.7 Å². The Bertz CT molecular complexity index is 981. The van der Waals surface area contributed by atoms with Crippen LogP contribution in [0.2, 0.25) is 0 Å². The summed E-state index contributed by atoms with van der Waals surface area (Å²) in [6, 6.07) is 15.7. The molecule has 1 aliphatic rings. The number of hydrogen-bond donors (Lipinski definition) is 3. The number of benzene rings is 2. The van der Waals surface area contributed by atoms with Crippen molar-refractivity contribution in [2.24, 2.45) is 0 Å². The molecule has 0 aliphatic heterocycles. The molecule has 0 spiro atoms. The summed E-state index contributed by atoms with van der Waals surface area (Å²) < 4.78 is 10.4. The molecule has 0 aromatic heterocycles. The van der Waals surface area contributed by atoms with Gasteiger partial charge in [0, 0.05) is 25.5 Å². The number of carboxylic acids is 1. The van der Waals surface area contributed by atoms with Gasteiger partial charge in [0.2, 0.25) is 12.0 Å². The number of aliphatic carboxylic acids is 1. The summed E-state index contributed by atoms with van der Waals surface area (Å²) in [7, 11) is 1.33. The Hall–Kier alpha value is -3.43. The number of carbonyl (C=O) groups is 3. The monoisotopic (exact) mass is 484 g/mol. The first-order valence-corrected chi connectivity index (χ1v) is 11.7. The lowest BCUT2D eigenvalue weighted by Gasteiger charge is -2.20. The van der Waals surface area contributed by atoms with Crippen LogP contribution >= 0.6 is 0 Å². The van der Waals surface area contributed by atoms with Gasteiger partial charge in [-0.15, -0.1) is 0 Å². The highest BCUT2D eigenvalue weighted by Crippen LogP contribution is 2.44. The highest BCUT2D eigenvalue weighted by molar-refractivity contribution is 5.79. The Labute approximate surface area is 204 Å². The normalized spacial score (nSPS) is 13.9. The molecule has 0 fully saturated rings. The average Bonchev–Trinajstić information content (AvgIpc) is 3.17. The number of ether oxygens (including phenoxy) is 2. The van der Waals surface area contributed by atoms with Crippen molar-refractivity contribution in [2.75, 3.05) is 20.3 Å². The van der Waals surface area contributed by atoms with Gasteiger partial charge in [-0.1, -0.05) is 68.3 Å². The van der Waals surface area contributed by atoms with Gasteiger partial charge in [0.05, 0.1) is 6.61 Å². The summed E-state index contributed by atoms with van der Waals surface area (Å²) in [5.41, 5.74) is 6.65. The molecule has 9 nitrogen and oxygen atoms in total. The number of nitrogens with one attached hydrogen (secondary N) is 2. The number of hydrogen-bond acceptors (Lipinski definition) is 6. The molecule has 0 radical (unpaired) electrons. The fourth-order valence-corrected chi connectivity index (χ4v) is 4.19. The lowest BCUT2D eigenvalue weighted by atomic mass is 9.98. The SMILES string of the molecule is CCCCC(CC(=O)NOC(COC)C(=O)O)NC(=O)OCC1c2ccccc2-c2ccccc21. The van der Waals surface area contributed by atoms with Gasteiger partial charge in [-0.3, -0.25) is 9.63 Å². The summed E-state index contributed by atoms with van der Waals surface area (Å²) >= 11 is 0. The Morgan fingerprint density at radius 3 is 2.23 bits per heavy atom. The summed E-state index contributed by atoms with van der Waals surface area (Å²) in [5, 5.41) is 11.8. The molecule has 188 valence electrons. The summed E-state index contributed by atoms with van der Waals surface area (Å²) in [6.07, 6.45) is 0.232. The van der Waals surface area contributed by atoms with Crippen LogP contribution in [0.5, 0.6) is 0 Å². The first kappa shape index (κ1) is 26.2. The molecule has 2 aromatic carbocycles. The number of fused-ring (bicyclic) bond motifs is 3. The molecule has 2 unspecified atom stereocenters. The number of rotatable bonds is 13. The van der Waals surface area contributed by atoms with Crippen LogP contribution in [0.4, 0.5) is 4.79 Å². The van der Waals surface area contributed by atoms with E-state index in [1.54, 1.807) is 0 Å². The van der Waals surface area contributed by atoms with Crippen LogP contribution in [0.25, 0.3) is 11.1 Å². The van der Waals surface area contributed by atoms with Gasteiger partial charge in [-0.05, 0) is 28.7 Å². The molecule has 0 bridgehead atoms. The lowest BCUT2D eigenvalue weighted by molar-refractivity contribution is -0.165. The maximum atomic E-state index is 12.6. The van der Waals surface area contributed by atoms with Crippen molar-refractivity contribution in [1.82, 2.24) is 10.8 Å². The van der Waals surface area contributed by atoms with Gasteiger partial charge in [0.25, 0.3) is 0 Å². The lowest BCUT2D eigenvalue weighted by Crippen LogP contribution is -2.42. The van der Waals surface area contributed by atoms with Crippen LogP contribution in [0.3, 0.4) is 0 Å². The predicted molar refractivity (Wildman–Crippen MR) is 129 cm³/mol. The molecule has 2 amide bonds. The number of alkyl carbamates (subject to hydrolysis) is 1. The van der Waals surface area contributed by atoms with E-state index in [1.165, 1.54) is 7.11 Å². The number of carboxylic acid groups (broad SMARTS) is 1. The van der Waals surface area contributed by atoms with Crippen LogP contribution in [0.1, 0.15) is 49.7 Å². The van der Waals surface area contributed by atoms with E-state index < -0.39 is 30.1 Å². The third kappa shape index (κ3) is 7.03. The van der Waals surface area contributed by atoms with Crippen molar-refractivity contribution in [3.8, 4) is 11.1 Å². The van der Waals surface area contributed by atoms with Crippen LogP contribution in [-0.2, 0) is 23.9 Å². The maximum Gasteiger partial charge on any atom is 0.407 e. The molecule has 3 N–H and O–H groups in total. The standard InChI is InChI=1S/C26H32N2O7/c1-3-4-9-17(14-24(29)28-35-23(16-33-2)25(30)31)27-26(32)34-15-22-20-12-7-5-10-18(20)19-11-6-8-13-21(19)22/h5-8,10-13,17,22-23H,3-4,9,14-16H2,1-2H3,(H,27,32)(H,28,29)(H,30,31). The first-order chi connectivity index (χ1) is 16.9. The quantitative estimate of drug-likeness (QED) is 0.371. The Morgan fingerprint density at radius 2 is 1.66 bits per heavy atom. The number of carbonyl (C=O) groups excluding carboxylic acids is 2. The Morgan fingerprint density at radius 1 is 1.03 bits per heavy atom. The molecular weight excluding hydrogens is 452 g/mol. The third-order valence-corrected chi connectivity index (χ3v) is 5.91. The second-order valence-electron chi connectivity index (χ2n) is 8.44. The minimum Gasteiger partial charge on any atom is -0.479 e. The molecule has 3 rings (SSSR count). The number of unbranched alkanes of at least 4 members (excludes halogenated alkanes) is 1. The number of hydroxylamine groups is 1. The predicted octanol–water partition coefficient (Wildman–Crippen LogP) is 3.62. The van der Waals surface area contributed by atoms with Crippen molar-refractivity contribution < 1.29 is 33.8 Å². The van der Waals surface area contributed by atoms with Gasteiger partial charge in [-0.25, -0.2) is 15.1 Å². The van der Waals surface area contributed by atoms with E-state index in [0.29, 0.717) is 6.42 Å². The molecule has 0 saturated carbocycles. The summed E-state index contributed by atoms with van der Waals surface area (Å²) in [5.74, 6) is -1.87. The largest absolute Gasteiger partial charge is 0.479 e.